The van der Waals surface area contributed by atoms with E-state index >= 15 is 0 Å². The molecule has 0 bridgehead atoms. The van der Waals surface area contributed by atoms with Crippen molar-refractivity contribution in [3.63, 3.8) is 0 Å². The van der Waals surface area contributed by atoms with Gasteiger partial charge in [-0.25, -0.2) is 44.1 Å². The second-order valence-corrected chi connectivity index (χ2v) is 30.7. The van der Waals surface area contributed by atoms with Gasteiger partial charge in [0, 0.05) is 156 Å². The molecule has 0 saturated carbocycles. The molecule has 3 aliphatic rings. The number of anilines is 5. The van der Waals surface area contributed by atoms with Crippen LogP contribution in [0.2, 0.25) is 0 Å². The lowest BCUT2D eigenvalue weighted by Crippen LogP contribution is -2.41. The lowest BCUT2D eigenvalue weighted by Gasteiger charge is -2.29. The zero-order chi connectivity index (χ0) is 91.5. The first kappa shape index (κ1) is 104. The predicted octanol–water partition coefficient (Wildman–Crippen LogP) is 11.1. The van der Waals surface area contributed by atoms with Crippen molar-refractivity contribution in [3.8, 4) is 5.75 Å². The second kappa shape index (κ2) is 50.8. The number of amides is 7. The zero-order valence-electron chi connectivity index (χ0n) is 74.9. The highest BCUT2D eigenvalue weighted by molar-refractivity contribution is 9.08. The molecular weight excluding hydrogens is 1670 g/mol. The van der Waals surface area contributed by atoms with E-state index in [9.17, 15) is 38.7 Å². The van der Waals surface area contributed by atoms with Crippen LogP contribution in [0, 0.1) is 0 Å². The summed E-state index contributed by atoms with van der Waals surface area (Å²) in [6.07, 6.45) is -5.47. The molecule has 3 saturated heterocycles. The van der Waals surface area contributed by atoms with Gasteiger partial charge in [-0.05, 0) is 127 Å². The first-order chi connectivity index (χ1) is 58.3. The van der Waals surface area contributed by atoms with E-state index in [1.165, 1.54) is 76.5 Å². The van der Waals surface area contributed by atoms with Crippen molar-refractivity contribution >= 4 is 87.1 Å². The molecule has 680 valence electrons. The normalized spacial score (nSPS) is 13.7. The summed E-state index contributed by atoms with van der Waals surface area (Å²) < 4.78 is 89.9. The number of nitrogens with one attached hydrogen (secondary N) is 1. The third-order valence-electron chi connectivity index (χ3n) is 17.8. The van der Waals surface area contributed by atoms with Crippen LogP contribution in [0.3, 0.4) is 0 Å². The average Bonchev–Trinajstić information content (AvgIpc) is 0.854. The summed E-state index contributed by atoms with van der Waals surface area (Å²) >= 11 is 3.41. The molecule has 3 aliphatic heterocycles. The van der Waals surface area contributed by atoms with Crippen molar-refractivity contribution in [2.75, 3.05) is 191 Å². The highest BCUT2D eigenvalue weighted by Crippen LogP contribution is 2.32. The second-order valence-electron chi connectivity index (χ2n) is 30.1. The molecule has 2 N–H and O–H groups in total. The van der Waals surface area contributed by atoms with E-state index in [4.69, 9.17) is 80.5 Å². The number of benzene rings is 1. The molecule has 123 heavy (non-hydrogen) atoms. The van der Waals surface area contributed by atoms with Gasteiger partial charge in [0.05, 0.1) is 26.4 Å². The third kappa shape index (κ3) is 32.3. The van der Waals surface area contributed by atoms with Crippen LogP contribution in [0.5, 0.6) is 5.75 Å². The van der Waals surface area contributed by atoms with Crippen LogP contribution in [-0.2, 0) is 122 Å². The number of aliphatic hydroxyl groups is 1. The van der Waals surface area contributed by atoms with E-state index in [0.29, 0.717) is 127 Å². The summed E-state index contributed by atoms with van der Waals surface area (Å²) in [7, 11) is 23.3. The van der Waals surface area contributed by atoms with Gasteiger partial charge in [-0.3, -0.25) is 34.0 Å². The lowest BCUT2D eigenvalue weighted by molar-refractivity contribution is -0.144. The minimum Gasteiger partial charge on any atom is -0.443 e. The van der Waals surface area contributed by atoms with Gasteiger partial charge < -0.3 is 106 Å². The van der Waals surface area contributed by atoms with Crippen LogP contribution in [0.1, 0.15) is 150 Å². The summed E-state index contributed by atoms with van der Waals surface area (Å²) in [4.78, 5) is 118. The summed E-state index contributed by atoms with van der Waals surface area (Å²) in [5, 5.41) is 13.0. The Morgan fingerprint density at radius 1 is 0.407 bits per heavy atom. The molecule has 0 unspecified atom stereocenters. The van der Waals surface area contributed by atoms with E-state index in [0.717, 1.165) is 28.1 Å². The van der Waals surface area contributed by atoms with Crippen molar-refractivity contribution in [1.29, 1.82) is 0 Å². The number of rotatable bonds is 29. The zero-order valence-corrected chi connectivity index (χ0v) is 76.5. The van der Waals surface area contributed by atoms with E-state index < -0.39 is 72.6 Å². The van der Waals surface area contributed by atoms with E-state index in [1.807, 2.05) is 51.1 Å². The molecule has 5 aromatic heterocycles. The number of carbonyl (C=O) groups excluding carboxylic acids is 7. The molecular formula is C84H122BrN13O25. The van der Waals surface area contributed by atoms with Gasteiger partial charge in [0.25, 0.3) is 0 Å². The number of aromatic nitrogens is 5. The number of hydrogen-bond acceptors (Lipinski definition) is 31. The maximum absolute atomic E-state index is 12.5. The molecule has 7 amide bonds. The number of pyridine rings is 5. The predicted molar refractivity (Wildman–Crippen MR) is 457 cm³/mol. The van der Waals surface area contributed by atoms with E-state index in [-0.39, 0.29) is 44.1 Å². The fourth-order valence-corrected chi connectivity index (χ4v) is 11.9. The molecule has 38 nitrogen and oxygen atoms in total. The molecule has 3 fully saturated rings. The number of alkyl halides is 1. The Balaban J connectivity index is 0.000000275. The van der Waals surface area contributed by atoms with Gasteiger partial charge >= 0.3 is 24.4 Å². The number of para-hydroxylation sites is 1. The minimum absolute atomic E-state index is 0.0173. The number of carbonyl (C=O) groups is 7. The number of methoxy groups -OCH3 is 10. The largest absolute Gasteiger partial charge is 0.443 e. The maximum atomic E-state index is 12.5. The molecule has 1 aromatic carbocycles. The Bertz CT molecular complexity index is 4240. The van der Waals surface area contributed by atoms with Crippen LogP contribution in [0.25, 0.3) is 0 Å². The van der Waals surface area contributed by atoms with Gasteiger partial charge in [0.1, 0.15) is 99.9 Å². The first-order valence-electron chi connectivity index (χ1n) is 38.9. The van der Waals surface area contributed by atoms with Gasteiger partial charge in [-0.15, -0.1) is 0 Å². The number of halogens is 1. The van der Waals surface area contributed by atoms with Gasteiger partial charge in [0.2, 0.25) is 49.2 Å². The lowest BCUT2D eigenvalue weighted by atomic mass is 10.1. The fourth-order valence-electron chi connectivity index (χ4n) is 11.4. The monoisotopic (exact) mass is 1790 g/mol. The van der Waals surface area contributed by atoms with Crippen molar-refractivity contribution in [2.45, 2.75) is 142 Å². The molecule has 0 radical (unpaired) electrons. The third-order valence-corrected chi connectivity index (χ3v) is 18.4. The molecule has 39 heteroatoms. The van der Waals surface area contributed by atoms with Crippen LogP contribution in [0.4, 0.5) is 48.3 Å². The average molecular weight is 1790 g/mol. The summed E-state index contributed by atoms with van der Waals surface area (Å²) in [5.41, 5.74) is 4.83. The smallest absolute Gasteiger partial charge is 0.420 e. The number of hydrogen-bond donors (Lipinski definition) is 2. The molecule has 0 atom stereocenters. The van der Waals surface area contributed by atoms with Crippen molar-refractivity contribution in [2.24, 2.45) is 0 Å². The first-order valence-corrected chi connectivity index (χ1v) is 40.1. The maximum Gasteiger partial charge on any atom is 0.420 e. The quantitative estimate of drug-likeness (QED) is 0.0250. The fraction of sp³-hybridized carbons (Fsp3) is 0.548. The van der Waals surface area contributed by atoms with Crippen LogP contribution >= 0.6 is 15.9 Å². The van der Waals surface area contributed by atoms with E-state index in [2.05, 4.69) is 46.2 Å². The number of aliphatic hydroxyl groups excluding tert-OH is 1. The SMILES string of the molecule is CNc1ccc(CN2CCOCC2=O)c(C(OC)OC)n1.COC(OC)c1nc(N(C)C(=O)OC(C)(C)C)ccc1CBr.COC(OC)c1nc(N(C)C(=O)OC(C)(C)C)ccc1CN1CCOCC1=O.COC(OC)c1nc(N(C)C(=O)OC(C)(C)C)ccc1CO.COC(OC)c1nc(N(C)C(=O)Oc2ccccc2)ccc1CN1CCOCC1=O. The van der Waals surface area contributed by atoms with Crippen LogP contribution in [-0.4, -0.2) is 269 Å². The van der Waals surface area contributed by atoms with Gasteiger partial charge in [0.15, 0.2) is 0 Å². The Morgan fingerprint density at radius 2 is 0.675 bits per heavy atom. The number of morpholine rings is 3. The van der Waals surface area contributed by atoms with Gasteiger partial charge in [-0.1, -0.05) is 64.5 Å². The van der Waals surface area contributed by atoms with Crippen LogP contribution in [0.15, 0.2) is 91.0 Å². The molecule has 6 aromatic rings. The van der Waals surface area contributed by atoms with Gasteiger partial charge in [-0.2, -0.15) is 0 Å². The van der Waals surface area contributed by atoms with Crippen molar-refractivity contribution < 1.29 is 119 Å². The Labute approximate surface area is 728 Å². The number of nitrogens with zero attached hydrogens (tertiary/aromatic N) is 12. The Morgan fingerprint density at radius 3 is 0.951 bits per heavy atom. The highest BCUT2D eigenvalue weighted by Gasteiger charge is 2.32. The number of ether oxygens (including phenoxy) is 17. The molecule has 0 spiro atoms. The standard InChI is InChI=1S/C21H25N3O6.C19H29N3O6.C15H23BrN2O4.C15H24N2O5.C14H21N3O4/c1-23(21(26)30-16-7-5-4-6-8-16)17-10-9-15(19(22-17)20(27-2)28-3)13-24-11-12-29-14-18(24)25;1-19(2,3)28-18(24)21(4)14-8-7-13(16(20-14)17(25-5)26-6)11-22-9-10-27-12-15(22)23;1-15(2,3)22-14(19)18(4)11-8-7-10(9-16)12(17-11)13(20-5)21-6;1-15(2,3)22-14(19)17(4)11-8-7-10(9-18)12(16-11)13(20-5)21-6;1-15-11-5-4-10(13(16-11)14(19-2)20-3)8-17-6-7-21-9-12(17)18/h4-10,20H,11-14H2,1-3H3;7-8,17H,9-12H2,1-6H3;7-8,13H,9H2,1-6H3;7-8,13,18H,9H2,1-6H3;4-5,14H,6-9H2,1-3H3,(H,15,16). The van der Waals surface area contributed by atoms with E-state index in [1.54, 1.807) is 166 Å². The van der Waals surface area contributed by atoms with Crippen molar-refractivity contribution in [3.05, 3.63) is 147 Å². The molecule has 0 aliphatic carbocycles. The highest BCUT2D eigenvalue weighted by atomic mass is 79.9. The minimum atomic E-state index is -0.755. The topological polar surface area (TPSA) is 396 Å². The molecule has 8 heterocycles. The summed E-state index contributed by atoms with van der Waals surface area (Å²) in [5.74, 6) is 2.56. The summed E-state index contributed by atoms with van der Waals surface area (Å²) in [6, 6.07) is 26.5. The van der Waals surface area contributed by atoms with Crippen LogP contribution < -0.4 is 29.7 Å². The Hall–Kier alpha value is -9.82. The van der Waals surface area contributed by atoms with Crippen molar-refractivity contribution in [1.82, 2.24) is 39.6 Å². The molecule has 9 rings (SSSR count). The summed E-state index contributed by atoms with van der Waals surface area (Å²) in [6.45, 7) is 20.5. The Kier molecular flexibility index (Phi) is 42.9.